The maximum atomic E-state index is 13.5. The van der Waals surface area contributed by atoms with Crippen molar-refractivity contribution in [2.24, 2.45) is 0 Å². The van der Waals surface area contributed by atoms with Crippen molar-refractivity contribution in [2.75, 3.05) is 18.0 Å². The number of hydrogen-bond donors (Lipinski definition) is 0. The Balaban J connectivity index is 2.07. The van der Waals surface area contributed by atoms with Gasteiger partial charge in [0.25, 0.3) is 10.0 Å². The number of methoxy groups -OCH3 is 1. The third-order valence-electron chi connectivity index (χ3n) is 4.66. The molecule has 0 bridgehead atoms. The van der Waals surface area contributed by atoms with Gasteiger partial charge in [-0.2, -0.15) is 0 Å². The highest BCUT2D eigenvalue weighted by atomic mass is 35.5. The Kier molecular flexibility index (Phi) is 6.68. The van der Waals surface area contributed by atoms with Gasteiger partial charge < -0.3 is 4.74 Å². The van der Waals surface area contributed by atoms with Crippen LogP contribution in [-0.4, -0.2) is 33.0 Å². The molecule has 6 nitrogen and oxygen atoms in total. The van der Waals surface area contributed by atoms with Crippen LogP contribution in [0.2, 0.25) is 5.02 Å². The highest BCUT2D eigenvalue weighted by Gasteiger charge is 2.29. The summed E-state index contributed by atoms with van der Waals surface area (Å²) in [7, 11) is -2.77. The van der Waals surface area contributed by atoms with Crippen LogP contribution < -0.4 is 4.31 Å². The number of ether oxygens (including phenoxy) is 1. The molecular formula is C21H20ClFN2O4S2. The van der Waals surface area contributed by atoms with Crippen LogP contribution in [0.3, 0.4) is 0 Å². The van der Waals surface area contributed by atoms with Gasteiger partial charge in [-0.1, -0.05) is 17.7 Å². The van der Waals surface area contributed by atoms with Gasteiger partial charge in [-0.15, -0.1) is 11.3 Å². The number of hydrogen-bond acceptors (Lipinski definition) is 6. The van der Waals surface area contributed by atoms with Crippen LogP contribution in [0.5, 0.6) is 0 Å². The first-order chi connectivity index (χ1) is 14.6. The van der Waals surface area contributed by atoms with E-state index >= 15 is 0 Å². The van der Waals surface area contributed by atoms with Crippen LogP contribution in [0.15, 0.2) is 41.3 Å². The molecule has 0 aliphatic carbocycles. The van der Waals surface area contributed by atoms with E-state index in [2.05, 4.69) is 4.98 Å². The highest BCUT2D eigenvalue weighted by molar-refractivity contribution is 7.92. The fourth-order valence-corrected chi connectivity index (χ4v) is 5.68. The molecule has 0 aliphatic rings. The topological polar surface area (TPSA) is 76.6 Å². The van der Waals surface area contributed by atoms with Crippen molar-refractivity contribution in [2.45, 2.75) is 25.7 Å². The summed E-state index contributed by atoms with van der Waals surface area (Å²) in [5.41, 5.74) is 1.37. The molecule has 164 valence electrons. The van der Waals surface area contributed by atoms with Gasteiger partial charge in [-0.3, -0.25) is 0 Å². The molecule has 0 atom stereocenters. The number of carbonyl (C=O) groups is 1. The molecule has 10 heteroatoms. The summed E-state index contributed by atoms with van der Waals surface area (Å²) in [5.74, 6) is -0.890. The van der Waals surface area contributed by atoms with Crippen molar-refractivity contribution >= 4 is 44.7 Å². The monoisotopic (exact) mass is 482 g/mol. The maximum absolute atomic E-state index is 13.5. The van der Waals surface area contributed by atoms with Crippen LogP contribution in [0.1, 0.15) is 27.7 Å². The third-order valence-corrected chi connectivity index (χ3v) is 7.82. The van der Waals surface area contributed by atoms with E-state index in [1.54, 1.807) is 26.8 Å². The Bertz CT molecular complexity index is 1260. The molecule has 0 amide bonds. The zero-order valence-electron chi connectivity index (χ0n) is 17.3. The molecule has 0 N–H and O–H groups in total. The van der Waals surface area contributed by atoms with Crippen molar-refractivity contribution in [3.63, 3.8) is 0 Å². The number of nitrogens with zero attached hydrogens (tertiary/aromatic N) is 2. The van der Waals surface area contributed by atoms with Crippen LogP contribution in [0.4, 0.5) is 10.2 Å². The van der Waals surface area contributed by atoms with E-state index in [1.165, 1.54) is 53.1 Å². The van der Waals surface area contributed by atoms with Gasteiger partial charge in [0.15, 0.2) is 5.82 Å². The lowest BCUT2D eigenvalue weighted by molar-refractivity contribution is 0.0599. The van der Waals surface area contributed by atoms with E-state index in [-0.39, 0.29) is 27.8 Å². The number of sulfonamides is 1. The van der Waals surface area contributed by atoms with Gasteiger partial charge in [-0.25, -0.2) is 26.9 Å². The molecule has 0 radical (unpaired) electrons. The van der Waals surface area contributed by atoms with Crippen molar-refractivity contribution in [3.8, 4) is 10.6 Å². The summed E-state index contributed by atoms with van der Waals surface area (Å²) in [6.07, 6.45) is 0. The predicted octanol–water partition coefficient (Wildman–Crippen LogP) is 5.22. The first-order valence-electron chi connectivity index (χ1n) is 9.24. The first kappa shape index (κ1) is 23.2. The third kappa shape index (κ3) is 4.44. The number of carbonyl (C=O) groups excluding carboxylic acids is 1. The summed E-state index contributed by atoms with van der Waals surface area (Å²) in [5, 5.41) is 0.476. The van der Waals surface area contributed by atoms with Gasteiger partial charge in [0, 0.05) is 17.0 Å². The Morgan fingerprint density at radius 1 is 1.23 bits per heavy atom. The minimum atomic E-state index is -4.01. The lowest BCUT2D eigenvalue weighted by Crippen LogP contribution is -2.31. The van der Waals surface area contributed by atoms with Crippen molar-refractivity contribution in [1.82, 2.24) is 4.98 Å². The summed E-state index contributed by atoms with van der Waals surface area (Å²) in [6.45, 7) is 5.28. The van der Waals surface area contributed by atoms with Crippen LogP contribution in [-0.2, 0) is 14.8 Å². The van der Waals surface area contributed by atoms with Crippen LogP contribution in [0, 0.1) is 19.7 Å². The van der Waals surface area contributed by atoms with Gasteiger partial charge in [0.1, 0.15) is 10.8 Å². The second-order valence-electron chi connectivity index (χ2n) is 6.67. The minimum absolute atomic E-state index is 0.0399. The fourth-order valence-electron chi connectivity index (χ4n) is 3.02. The Labute approximate surface area is 189 Å². The average Bonchev–Trinajstić information content (AvgIpc) is 3.11. The zero-order valence-corrected chi connectivity index (χ0v) is 19.7. The van der Waals surface area contributed by atoms with E-state index < -0.39 is 21.8 Å². The number of rotatable bonds is 6. The SMILES string of the molecule is CCN(c1nc(-c2ccc(F)c(Cl)c2)sc1C)S(=O)(=O)c1ccc(C)c(C(=O)OC)c1. The molecular weight excluding hydrogens is 463 g/mol. The van der Waals surface area contributed by atoms with Gasteiger partial charge in [-0.05, 0) is 56.7 Å². The molecule has 31 heavy (non-hydrogen) atoms. The van der Waals surface area contributed by atoms with E-state index in [9.17, 15) is 17.6 Å². The Morgan fingerprint density at radius 2 is 1.94 bits per heavy atom. The molecule has 1 heterocycles. The maximum Gasteiger partial charge on any atom is 0.338 e. The van der Waals surface area contributed by atoms with Gasteiger partial charge >= 0.3 is 5.97 Å². The number of esters is 1. The number of aromatic nitrogens is 1. The predicted molar refractivity (Wildman–Crippen MR) is 120 cm³/mol. The summed E-state index contributed by atoms with van der Waals surface area (Å²) in [4.78, 5) is 17.1. The van der Waals surface area contributed by atoms with Crippen molar-refractivity contribution in [1.29, 1.82) is 0 Å². The molecule has 0 unspecified atom stereocenters. The van der Waals surface area contributed by atoms with Gasteiger partial charge in [0.2, 0.25) is 0 Å². The summed E-state index contributed by atoms with van der Waals surface area (Å²) in [6, 6.07) is 8.54. The number of halogens is 2. The minimum Gasteiger partial charge on any atom is -0.465 e. The number of anilines is 1. The lowest BCUT2D eigenvalue weighted by Gasteiger charge is -2.22. The summed E-state index contributed by atoms with van der Waals surface area (Å²) >= 11 is 7.15. The second kappa shape index (κ2) is 8.94. The first-order valence-corrected chi connectivity index (χ1v) is 11.9. The number of thiazole rings is 1. The largest absolute Gasteiger partial charge is 0.465 e. The number of aryl methyl sites for hydroxylation is 2. The van der Waals surface area contributed by atoms with E-state index in [1.807, 2.05) is 0 Å². The fraction of sp³-hybridized carbons (Fsp3) is 0.238. The second-order valence-corrected chi connectivity index (χ2v) is 10.1. The van der Waals surface area contributed by atoms with Gasteiger partial charge in [0.05, 0.1) is 22.6 Å². The molecule has 3 rings (SSSR count). The molecule has 3 aromatic rings. The van der Waals surface area contributed by atoms with Crippen molar-refractivity contribution in [3.05, 3.63) is 63.2 Å². The van der Waals surface area contributed by atoms with Crippen LogP contribution in [0.25, 0.3) is 10.6 Å². The molecule has 0 fully saturated rings. The number of benzene rings is 2. The lowest BCUT2D eigenvalue weighted by atomic mass is 10.1. The molecule has 1 aromatic heterocycles. The zero-order chi connectivity index (χ0) is 22.9. The average molecular weight is 483 g/mol. The van der Waals surface area contributed by atoms with E-state index in [4.69, 9.17) is 16.3 Å². The molecule has 2 aromatic carbocycles. The Hall–Kier alpha value is -2.49. The Morgan fingerprint density at radius 3 is 2.55 bits per heavy atom. The van der Waals surface area contributed by atoms with Crippen molar-refractivity contribution < 1.29 is 22.3 Å². The molecule has 0 aliphatic heterocycles. The van der Waals surface area contributed by atoms with E-state index in [0.29, 0.717) is 21.0 Å². The standard InChI is InChI=1S/C21H20ClFN2O4S2/c1-5-25(31(27,28)15-8-6-12(2)16(11-15)21(26)29-4)19-13(3)30-20(24-19)14-7-9-18(23)17(22)10-14/h6-11H,5H2,1-4H3. The smallest absolute Gasteiger partial charge is 0.338 e. The highest BCUT2D eigenvalue weighted by Crippen LogP contribution is 2.36. The van der Waals surface area contributed by atoms with Crippen LogP contribution >= 0.6 is 22.9 Å². The molecule has 0 saturated carbocycles. The normalized spacial score (nSPS) is 11.4. The summed E-state index contributed by atoms with van der Waals surface area (Å²) < 4.78 is 46.2. The quantitative estimate of drug-likeness (QED) is 0.450. The molecule has 0 spiro atoms. The molecule has 0 saturated heterocycles. The van der Waals surface area contributed by atoms with E-state index in [0.717, 1.165) is 0 Å².